The molecule has 2 aromatic carbocycles. The van der Waals surface area contributed by atoms with Gasteiger partial charge in [0.25, 0.3) is 0 Å². The van der Waals surface area contributed by atoms with Crippen LogP contribution in [0.5, 0.6) is 0 Å². The Morgan fingerprint density at radius 3 is 2.31 bits per heavy atom. The third-order valence-corrected chi connectivity index (χ3v) is 7.79. The van der Waals surface area contributed by atoms with E-state index in [0.717, 1.165) is 19.3 Å². The Morgan fingerprint density at radius 1 is 0.828 bits per heavy atom. The molecule has 0 saturated carbocycles. The third kappa shape index (κ3) is 4.18. The standard InChI is InChI=1S/C24H31BrN4/c25-22-6-2-1-5-19(22)17-27-13-9-20(10-14-27)28-15-11-21(12-16-28)29-18-26-23-7-3-4-8-24(23)29/h1-8,20-21,26H,9-18H2. The summed E-state index contributed by atoms with van der Waals surface area (Å²) in [5.41, 5.74) is 4.10. The number of fused-ring (bicyclic) bond motifs is 1. The van der Waals surface area contributed by atoms with Gasteiger partial charge in [-0.1, -0.05) is 46.3 Å². The molecule has 1 N–H and O–H groups in total. The highest BCUT2D eigenvalue weighted by Gasteiger charge is 2.32. The Hall–Kier alpha value is -1.56. The Balaban J connectivity index is 1.11. The Bertz CT molecular complexity index is 825. The molecule has 0 radical (unpaired) electrons. The van der Waals surface area contributed by atoms with E-state index in [9.17, 15) is 0 Å². The van der Waals surface area contributed by atoms with E-state index in [4.69, 9.17) is 0 Å². The lowest BCUT2D eigenvalue weighted by atomic mass is 9.96. The van der Waals surface area contributed by atoms with Crippen molar-refractivity contribution in [3.05, 3.63) is 58.6 Å². The molecule has 4 nitrogen and oxygen atoms in total. The van der Waals surface area contributed by atoms with Crippen molar-refractivity contribution >= 4 is 27.3 Å². The van der Waals surface area contributed by atoms with Crippen LogP contribution >= 0.6 is 15.9 Å². The minimum absolute atomic E-state index is 0.679. The lowest BCUT2D eigenvalue weighted by Gasteiger charge is -2.43. The van der Waals surface area contributed by atoms with Gasteiger partial charge < -0.3 is 15.1 Å². The molecule has 29 heavy (non-hydrogen) atoms. The van der Waals surface area contributed by atoms with Crippen molar-refractivity contribution in [1.82, 2.24) is 9.80 Å². The number of para-hydroxylation sites is 2. The molecule has 5 rings (SSSR count). The highest BCUT2D eigenvalue weighted by Crippen LogP contribution is 2.35. The van der Waals surface area contributed by atoms with Crippen LogP contribution in [0.2, 0.25) is 0 Å². The molecule has 3 aliphatic rings. The Kier molecular flexibility index (Phi) is 5.80. The number of halogens is 1. The van der Waals surface area contributed by atoms with E-state index in [0.29, 0.717) is 6.04 Å². The summed E-state index contributed by atoms with van der Waals surface area (Å²) in [5, 5.41) is 3.55. The van der Waals surface area contributed by atoms with Gasteiger partial charge in [0.2, 0.25) is 0 Å². The number of nitrogens with zero attached hydrogens (tertiary/aromatic N) is 3. The largest absolute Gasteiger partial charge is 0.366 e. The number of hydrogen-bond donors (Lipinski definition) is 1. The van der Waals surface area contributed by atoms with Crippen molar-refractivity contribution in [1.29, 1.82) is 0 Å². The van der Waals surface area contributed by atoms with Gasteiger partial charge in [0.1, 0.15) is 0 Å². The molecule has 2 saturated heterocycles. The van der Waals surface area contributed by atoms with Crippen molar-refractivity contribution < 1.29 is 0 Å². The van der Waals surface area contributed by atoms with Crippen LogP contribution in [0.15, 0.2) is 53.0 Å². The first-order chi connectivity index (χ1) is 14.3. The molecule has 5 heteroatoms. The molecule has 2 fully saturated rings. The summed E-state index contributed by atoms with van der Waals surface area (Å²) in [7, 11) is 0. The molecule has 154 valence electrons. The maximum atomic E-state index is 3.70. The van der Waals surface area contributed by atoms with Gasteiger partial charge in [0.05, 0.1) is 18.0 Å². The first-order valence-corrected chi connectivity index (χ1v) is 11.9. The number of rotatable bonds is 4. The zero-order valence-electron chi connectivity index (χ0n) is 17.1. The van der Waals surface area contributed by atoms with Crippen molar-refractivity contribution in [2.75, 3.05) is 43.1 Å². The van der Waals surface area contributed by atoms with Crippen molar-refractivity contribution in [2.24, 2.45) is 0 Å². The molecule has 0 spiro atoms. The molecule has 0 bridgehead atoms. The number of anilines is 2. The fraction of sp³-hybridized carbons (Fsp3) is 0.500. The van der Waals surface area contributed by atoms with Crippen LogP contribution in [-0.2, 0) is 6.54 Å². The number of piperidine rings is 2. The van der Waals surface area contributed by atoms with Crippen LogP contribution in [0.25, 0.3) is 0 Å². The van der Waals surface area contributed by atoms with Crippen LogP contribution in [0, 0.1) is 0 Å². The second-order valence-corrected chi connectivity index (χ2v) is 9.54. The van der Waals surface area contributed by atoms with E-state index in [1.807, 2.05) is 0 Å². The number of hydrogen-bond acceptors (Lipinski definition) is 4. The fourth-order valence-corrected chi connectivity index (χ4v) is 5.74. The molecular weight excluding hydrogens is 424 g/mol. The van der Waals surface area contributed by atoms with Crippen LogP contribution in [-0.4, -0.2) is 54.7 Å². The van der Waals surface area contributed by atoms with Crippen molar-refractivity contribution in [3.8, 4) is 0 Å². The predicted molar refractivity (Wildman–Crippen MR) is 124 cm³/mol. The smallest absolute Gasteiger partial charge is 0.0880 e. The maximum Gasteiger partial charge on any atom is 0.0880 e. The molecule has 0 aliphatic carbocycles. The summed E-state index contributed by atoms with van der Waals surface area (Å²) < 4.78 is 1.24. The van der Waals surface area contributed by atoms with Gasteiger partial charge in [-0.2, -0.15) is 0 Å². The van der Waals surface area contributed by atoms with Gasteiger partial charge in [-0.3, -0.25) is 4.90 Å². The predicted octanol–water partition coefficient (Wildman–Crippen LogP) is 4.77. The minimum Gasteiger partial charge on any atom is -0.366 e. The van der Waals surface area contributed by atoms with Crippen LogP contribution in [0.1, 0.15) is 31.2 Å². The average Bonchev–Trinajstić information content (AvgIpc) is 3.20. The van der Waals surface area contributed by atoms with Gasteiger partial charge >= 0.3 is 0 Å². The monoisotopic (exact) mass is 454 g/mol. The second-order valence-electron chi connectivity index (χ2n) is 8.69. The van der Waals surface area contributed by atoms with E-state index in [-0.39, 0.29) is 0 Å². The number of likely N-dealkylation sites (tertiary alicyclic amines) is 2. The van der Waals surface area contributed by atoms with E-state index < -0.39 is 0 Å². The lowest BCUT2D eigenvalue weighted by molar-refractivity contribution is 0.0843. The lowest BCUT2D eigenvalue weighted by Crippen LogP contribution is -2.51. The second kappa shape index (κ2) is 8.66. The van der Waals surface area contributed by atoms with Gasteiger partial charge in [0.15, 0.2) is 0 Å². The number of benzene rings is 2. The zero-order valence-corrected chi connectivity index (χ0v) is 18.7. The SMILES string of the molecule is Brc1ccccc1CN1CCC(N2CCC(N3CNc4ccccc43)CC2)CC1. The summed E-state index contributed by atoms with van der Waals surface area (Å²) in [6.45, 7) is 6.97. The Morgan fingerprint density at radius 2 is 1.52 bits per heavy atom. The summed E-state index contributed by atoms with van der Waals surface area (Å²) in [6.07, 6.45) is 5.19. The van der Waals surface area contributed by atoms with Gasteiger partial charge in [-0.05, 0) is 62.5 Å². The Labute approximate surface area is 183 Å². The van der Waals surface area contributed by atoms with Gasteiger partial charge in [-0.25, -0.2) is 0 Å². The van der Waals surface area contributed by atoms with E-state index in [1.165, 1.54) is 73.3 Å². The molecule has 0 amide bonds. The van der Waals surface area contributed by atoms with Crippen molar-refractivity contribution in [2.45, 2.75) is 44.3 Å². The van der Waals surface area contributed by atoms with E-state index >= 15 is 0 Å². The molecule has 3 heterocycles. The summed E-state index contributed by atoms with van der Waals surface area (Å²) in [6, 6.07) is 18.8. The molecule has 3 aliphatic heterocycles. The normalized spacial score (nSPS) is 21.9. The average molecular weight is 455 g/mol. The topological polar surface area (TPSA) is 21.8 Å². The minimum atomic E-state index is 0.679. The van der Waals surface area contributed by atoms with Crippen LogP contribution in [0.3, 0.4) is 0 Å². The molecule has 2 aromatic rings. The first-order valence-electron chi connectivity index (χ1n) is 11.1. The fourth-order valence-electron chi connectivity index (χ4n) is 5.33. The van der Waals surface area contributed by atoms with Gasteiger partial charge in [-0.15, -0.1) is 0 Å². The van der Waals surface area contributed by atoms with E-state index in [1.54, 1.807) is 0 Å². The van der Waals surface area contributed by atoms with Crippen LogP contribution in [0.4, 0.5) is 11.4 Å². The molecular formula is C24H31BrN4. The highest BCUT2D eigenvalue weighted by atomic mass is 79.9. The van der Waals surface area contributed by atoms with Crippen LogP contribution < -0.4 is 10.2 Å². The van der Waals surface area contributed by atoms with E-state index in [2.05, 4.69) is 84.5 Å². The number of nitrogens with one attached hydrogen (secondary N) is 1. The highest BCUT2D eigenvalue weighted by molar-refractivity contribution is 9.10. The zero-order chi connectivity index (χ0) is 19.6. The van der Waals surface area contributed by atoms with Crippen molar-refractivity contribution in [3.63, 3.8) is 0 Å². The quantitative estimate of drug-likeness (QED) is 0.717. The maximum absolute atomic E-state index is 3.70. The summed E-state index contributed by atoms with van der Waals surface area (Å²) >= 11 is 3.70. The summed E-state index contributed by atoms with van der Waals surface area (Å²) in [5.74, 6) is 0. The summed E-state index contributed by atoms with van der Waals surface area (Å²) in [4.78, 5) is 7.99. The molecule has 0 atom stereocenters. The van der Waals surface area contributed by atoms with Gasteiger partial charge in [0, 0.05) is 36.2 Å². The first kappa shape index (κ1) is 19.4. The third-order valence-electron chi connectivity index (χ3n) is 7.02. The molecule has 0 unspecified atom stereocenters. The molecule has 0 aromatic heterocycles.